The lowest BCUT2D eigenvalue weighted by atomic mass is 10.1. The number of sulfonamides is 2. The van der Waals surface area contributed by atoms with Crippen LogP contribution in [0.1, 0.15) is 25.0 Å². The van der Waals surface area contributed by atoms with Crippen LogP contribution in [0.25, 0.3) is 0 Å². The maximum Gasteiger partial charge on any atom is 0.241 e. The van der Waals surface area contributed by atoms with Crippen LogP contribution in [0, 0.1) is 0 Å². The van der Waals surface area contributed by atoms with Gasteiger partial charge in [-0.1, -0.05) is 36.4 Å². The Kier molecular flexibility index (Phi) is 6.98. The summed E-state index contributed by atoms with van der Waals surface area (Å²) in [7, 11) is -7.23. The molecule has 2 aromatic rings. The number of benzene rings is 2. The predicted octanol–water partition coefficient (Wildman–Crippen LogP) is 2.76. The molecule has 0 aliphatic heterocycles. The second kappa shape index (κ2) is 8.62. The molecule has 2 aromatic carbocycles. The minimum absolute atomic E-state index is 0.00294. The molecule has 0 unspecified atom stereocenters. The Balaban J connectivity index is 2.20. The second-order valence-corrected chi connectivity index (χ2v) is 10.4. The van der Waals surface area contributed by atoms with Crippen LogP contribution in [0.15, 0.2) is 57.9 Å². The largest absolute Gasteiger partial charge is 0.241 e. The van der Waals surface area contributed by atoms with Gasteiger partial charge in [0.05, 0.1) is 10.6 Å². The van der Waals surface area contributed by atoms with Crippen LogP contribution in [0.5, 0.6) is 0 Å². The van der Waals surface area contributed by atoms with Gasteiger partial charge in [-0.3, -0.25) is 0 Å². The fourth-order valence-corrected chi connectivity index (χ4v) is 5.89. The zero-order valence-electron chi connectivity index (χ0n) is 14.4. The number of rotatable bonds is 8. The summed E-state index contributed by atoms with van der Waals surface area (Å²) in [5, 5.41) is 0. The van der Waals surface area contributed by atoms with Crippen LogP contribution in [0.2, 0.25) is 0 Å². The number of hydrogen-bond donors (Lipinski definition) is 2. The van der Waals surface area contributed by atoms with E-state index in [1.54, 1.807) is 56.3 Å². The van der Waals surface area contributed by atoms with Gasteiger partial charge in [0.15, 0.2) is 0 Å². The molecule has 26 heavy (non-hydrogen) atoms. The first-order chi connectivity index (χ1) is 12.1. The van der Waals surface area contributed by atoms with Crippen molar-refractivity contribution in [1.29, 1.82) is 0 Å². The Morgan fingerprint density at radius 1 is 0.923 bits per heavy atom. The van der Waals surface area contributed by atoms with Gasteiger partial charge in [-0.2, -0.15) is 0 Å². The lowest BCUT2D eigenvalue weighted by Gasteiger charge is -2.14. The van der Waals surface area contributed by atoms with E-state index in [2.05, 4.69) is 25.4 Å². The normalized spacial score (nSPS) is 12.5. The molecule has 0 radical (unpaired) electrons. The molecule has 0 saturated heterocycles. The van der Waals surface area contributed by atoms with E-state index in [0.29, 0.717) is 15.6 Å². The van der Waals surface area contributed by atoms with Gasteiger partial charge >= 0.3 is 0 Å². The molecule has 2 N–H and O–H groups in total. The molecule has 0 aromatic heterocycles. The molecule has 0 fully saturated rings. The average molecular weight is 461 g/mol. The summed E-state index contributed by atoms with van der Waals surface area (Å²) in [6.45, 7) is 3.49. The highest BCUT2D eigenvalue weighted by atomic mass is 79.9. The summed E-state index contributed by atoms with van der Waals surface area (Å²) in [6, 6.07) is 13.2. The average Bonchev–Trinajstić information content (AvgIpc) is 2.52. The van der Waals surface area contributed by atoms with Crippen molar-refractivity contribution in [2.75, 3.05) is 0 Å². The van der Waals surface area contributed by atoms with E-state index >= 15 is 0 Å². The molecule has 2 rings (SSSR count). The Hall–Kier alpha value is -1.26. The highest BCUT2D eigenvalue weighted by molar-refractivity contribution is 9.10. The fraction of sp³-hybridized carbons (Fsp3) is 0.294. The van der Waals surface area contributed by atoms with E-state index in [9.17, 15) is 16.8 Å². The third kappa shape index (κ3) is 5.88. The van der Waals surface area contributed by atoms with E-state index in [1.807, 2.05) is 0 Å². The van der Waals surface area contributed by atoms with Crippen LogP contribution in [-0.2, 0) is 32.3 Å². The number of nitrogens with one attached hydrogen (secondary N) is 2. The van der Waals surface area contributed by atoms with E-state index < -0.39 is 20.0 Å². The highest BCUT2D eigenvalue weighted by Crippen LogP contribution is 2.21. The molecule has 0 heterocycles. The van der Waals surface area contributed by atoms with E-state index in [1.165, 1.54) is 6.07 Å². The van der Waals surface area contributed by atoms with Gasteiger partial charge in [-0.05, 0) is 53.0 Å². The van der Waals surface area contributed by atoms with Crippen LogP contribution in [-0.4, -0.2) is 22.9 Å². The molecule has 0 aliphatic carbocycles. The first-order valence-corrected chi connectivity index (χ1v) is 11.8. The van der Waals surface area contributed by atoms with Crippen molar-refractivity contribution in [1.82, 2.24) is 9.44 Å². The summed E-state index contributed by atoms with van der Waals surface area (Å²) >= 11 is 3.23. The lowest BCUT2D eigenvalue weighted by molar-refractivity contribution is 0.568. The third-order valence-corrected chi connectivity index (χ3v) is 7.39. The van der Waals surface area contributed by atoms with Crippen LogP contribution >= 0.6 is 15.9 Å². The maximum absolute atomic E-state index is 12.5. The highest BCUT2D eigenvalue weighted by Gasteiger charge is 2.19. The number of hydrogen-bond acceptors (Lipinski definition) is 4. The summed E-state index contributed by atoms with van der Waals surface area (Å²) in [6.07, 6.45) is 0. The molecule has 0 bridgehead atoms. The zero-order valence-corrected chi connectivity index (χ0v) is 17.7. The minimum Gasteiger partial charge on any atom is -0.212 e. The molecular weight excluding hydrogens is 440 g/mol. The van der Waals surface area contributed by atoms with Gasteiger partial charge in [0, 0.05) is 17.1 Å². The van der Waals surface area contributed by atoms with Gasteiger partial charge in [0.1, 0.15) is 0 Å². The van der Waals surface area contributed by atoms with Crippen molar-refractivity contribution in [3.8, 4) is 0 Å². The third-order valence-electron chi connectivity index (χ3n) is 3.46. The van der Waals surface area contributed by atoms with Crippen molar-refractivity contribution in [2.24, 2.45) is 0 Å². The van der Waals surface area contributed by atoms with Crippen molar-refractivity contribution in [3.63, 3.8) is 0 Å². The van der Waals surface area contributed by atoms with Gasteiger partial charge < -0.3 is 0 Å². The smallest absolute Gasteiger partial charge is 0.212 e. The first kappa shape index (κ1) is 21.0. The summed E-state index contributed by atoms with van der Waals surface area (Å²) in [5.74, 6) is -0.210. The number of halogens is 1. The lowest BCUT2D eigenvalue weighted by Crippen LogP contribution is -2.32. The van der Waals surface area contributed by atoms with Gasteiger partial charge in [-0.25, -0.2) is 26.3 Å². The fourth-order valence-electron chi connectivity index (χ4n) is 2.39. The Morgan fingerprint density at radius 2 is 1.50 bits per heavy atom. The Bertz CT molecular complexity index is 974. The molecule has 0 saturated carbocycles. The molecule has 0 aliphatic rings. The Morgan fingerprint density at radius 3 is 2.12 bits per heavy atom. The van der Waals surface area contributed by atoms with Crippen LogP contribution < -0.4 is 9.44 Å². The zero-order chi connectivity index (χ0) is 19.4. The van der Waals surface area contributed by atoms with Crippen molar-refractivity contribution < 1.29 is 16.8 Å². The minimum atomic E-state index is -3.73. The van der Waals surface area contributed by atoms with Gasteiger partial charge in [0.25, 0.3) is 0 Å². The second-order valence-electron chi connectivity index (χ2n) is 6.06. The topological polar surface area (TPSA) is 92.3 Å². The molecular formula is C17H21BrN2O4S2. The molecule has 0 atom stereocenters. The van der Waals surface area contributed by atoms with E-state index in [0.717, 1.165) is 0 Å². The van der Waals surface area contributed by atoms with E-state index in [4.69, 9.17) is 0 Å². The predicted molar refractivity (Wildman–Crippen MR) is 106 cm³/mol. The molecule has 9 heteroatoms. The van der Waals surface area contributed by atoms with Crippen molar-refractivity contribution >= 4 is 36.0 Å². The summed E-state index contributed by atoms with van der Waals surface area (Å²) in [5.41, 5.74) is 1.16. The Labute approximate surface area is 163 Å². The summed E-state index contributed by atoms with van der Waals surface area (Å²) < 4.78 is 54.9. The monoisotopic (exact) mass is 460 g/mol. The molecule has 142 valence electrons. The molecule has 0 spiro atoms. The molecule has 0 amide bonds. The van der Waals surface area contributed by atoms with Crippen LogP contribution in [0.4, 0.5) is 0 Å². The van der Waals surface area contributed by atoms with Crippen LogP contribution in [0.3, 0.4) is 0 Å². The molecule has 6 nitrogen and oxygen atoms in total. The van der Waals surface area contributed by atoms with Crippen molar-refractivity contribution in [2.45, 2.75) is 37.1 Å². The first-order valence-electron chi connectivity index (χ1n) is 7.92. The van der Waals surface area contributed by atoms with E-state index in [-0.39, 0.29) is 23.2 Å². The standard InChI is InChI=1S/C17H21BrN2O4S2/c1-13(2)20-25(21,22)12-15-8-4-3-7-14(15)11-19-26(23,24)17-10-6-5-9-16(17)18/h3-10,13,19-20H,11-12H2,1-2H3. The summed E-state index contributed by atoms with van der Waals surface area (Å²) in [4.78, 5) is 0.131. The van der Waals surface area contributed by atoms with Gasteiger partial charge in [-0.15, -0.1) is 0 Å². The van der Waals surface area contributed by atoms with Crippen molar-refractivity contribution in [3.05, 3.63) is 64.1 Å². The van der Waals surface area contributed by atoms with Gasteiger partial charge in [0.2, 0.25) is 20.0 Å². The quantitative estimate of drug-likeness (QED) is 0.633. The SMILES string of the molecule is CC(C)NS(=O)(=O)Cc1ccccc1CNS(=O)(=O)c1ccccc1Br. The maximum atomic E-state index is 12.5.